The Labute approximate surface area is 180 Å². The molecule has 1 N–H and O–H groups in total. The number of aromatic nitrogens is 5. The third-order valence-electron chi connectivity index (χ3n) is 4.26. The lowest BCUT2D eigenvalue weighted by Gasteiger charge is -2.10. The molecule has 3 rings (SSSR count). The molecule has 0 saturated heterocycles. The van der Waals surface area contributed by atoms with Crippen LogP contribution in [-0.2, 0) is 16.1 Å². The van der Waals surface area contributed by atoms with Gasteiger partial charge in [0, 0.05) is 29.7 Å². The van der Waals surface area contributed by atoms with Crippen LogP contribution in [0.1, 0.15) is 27.4 Å². The summed E-state index contributed by atoms with van der Waals surface area (Å²) < 4.78 is 6.65. The zero-order chi connectivity index (χ0) is 23.6. The van der Waals surface area contributed by atoms with E-state index < -0.39 is 34.6 Å². The van der Waals surface area contributed by atoms with Gasteiger partial charge >= 0.3 is 17.2 Å². The molecule has 3 heterocycles. The molecule has 32 heavy (non-hydrogen) atoms. The second-order valence-corrected chi connectivity index (χ2v) is 6.88. The van der Waals surface area contributed by atoms with Gasteiger partial charge in [-0.15, -0.1) is 0 Å². The minimum atomic E-state index is -1.04. The number of carbonyl (C=O) groups excluding carboxylic acids is 2. The Hall–Kier alpha value is -4.42. The van der Waals surface area contributed by atoms with Crippen LogP contribution >= 0.6 is 0 Å². The van der Waals surface area contributed by atoms with E-state index in [1.54, 1.807) is 32.9 Å². The van der Waals surface area contributed by atoms with Crippen LogP contribution in [0.3, 0.4) is 0 Å². The number of pyridine rings is 1. The zero-order valence-corrected chi connectivity index (χ0v) is 17.6. The minimum absolute atomic E-state index is 0.240. The average molecular weight is 441 g/mol. The lowest BCUT2D eigenvalue weighted by molar-refractivity contribution is -0.386. The molecule has 0 aromatic carbocycles. The van der Waals surface area contributed by atoms with Gasteiger partial charge in [0.1, 0.15) is 12.4 Å². The molecule has 0 aliphatic carbocycles. The van der Waals surface area contributed by atoms with Gasteiger partial charge in [-0.2, -0.15) is 9.78 Å². The highest BCUT2D eigenvalue weighted by Gasteiger charge is 2.22. The molecule has 13 heteroatoms. The van der Waals surface area contributed by atoms with E-state index in [1.165, 1.54) is 4.68 Å². The van der Waals surface area contributed by atoms with Crippen LogP contribution < -0.4 is 10.9 Å². The monoisotopic (exact) mass is 441 g/mol. The minimum Gasteiger partial charge on any atom is -0.465 e. The van der Waals surface area contributed by atoms with Crippen molar-refractivity contribution in [3.63, 3.8) is 0 Å². The summed E-state index contributed by atoms with van der Waals surface area (Å²) in [5.41, 5.74) is -0.155. The summed E-state index contributed by atoms with van der Waals surface area (Å²) in [7, 11) is 1.09. The van der Waals surface area contributed by atoms with Crippen molar-refractivity contribution in [2.24, 2.45) is 0 Å². The second kappa shape index (κ2) is 8.75. The lowest BCUT2D eigenvalue weighted by Crippen LogP contribution is -2.30. The van der Waals surface area contributed by atoms with E-state index in [0.29, 0.717) is 17.1 Å². The second-order valence-electron chi connectivity index (χ2n) is 6.88. The van der Waals surface area contributed by atoms with E-state index in [4.69, 9.17) is 0 Å². The van der Waals surface area contributed by atoms with E-state index in [0.717, 1.165) is 23.9 Å². The number of aryl methyl sites for hydroxylation is 3. The molecule has 0 saturated carbocycles. The van der Waals surface area contributed by atoms with Crippen LogP contribution in [0.15, 0.2) is 29.2 Å². The number of nitrogens with one attached hydrogen (secondary N) is 1. The number of hydrogen-bond acceptors (Lipinski definition) is 9. The van der Waals surface area contributed by atoms with E-state index in [2.05, 4.69) is 25.1 Å². The van der Waals surface area contributed by atoms with Crippen molar-refractivity contribution < 1.29 is 19.2 Å². The van der Waals surface area contributed by atoms with Crippen molar-refractivity contribution >= 4 is 23.4 Å². The molecule has 0 fully saturated rings. The molecule has 166 valence electrons. The number of rotatable bonds is 6. The first-order valence-electron chi connectivity index (χ1n) is 9.25. The Morgan fingerprint density at radius 2 is 1.78 bits per heavy atom. The van der Waals surface area contributed by atoms with Crippen LogP contribution in [0.2, 0.25) is 0 Å². The fraction of sp³-hybridized carbons (Fsp3) is 0.263. The first kappa shape index (κ1) is 22.3. The van der Waals surface area contributed by atoms with Gasteiger partial charge in [-0.1, -0.05) is 0 Å². The maximum Gasteiger partial charge on any atom is 0.339 e. The van der Waals surface area contributed by atoms with Crippen molar-refractivity contribution in [1.82, 2.24) is 24.3 Å². The number of ether oxygens (including phenoxy) is 1. The predicted octanol–water partition coefficient (Wildman–Crippen LogP) is 1.08. The van der Waals surface area contributed by atoms with Crippen LogP contribution in [0.4, 0.5) is 11.5 Å². The number of carbonyl (C=O) groups is 2. The molecule has 0 atom stereocenters. The molecule has 0 radical (unpaired) electrons. The molecule has 1 amide bonds. The van der Waals surface area contributed by atoms with E-state index >= 15 is 0 Å². The number of hydrogen-bond donors (Lipinski definition) is 1. The molecule has 13 nitrogen and oxygen atoms in total. The van der Waals surface area contributed by atoms with E-state index in [9.17, 15) is 24.5 Å². The first-order chi connectivity index (χ1) is 15.1. The van der Waals surface area contributed by atoms with Crippen LogP contribution in [0.5, 0.6) is 0 Å². The molecule has 3 aromatic heterocycles. The van der Waals surface area contributed by atoms with Crippen molar-refractivity contribution in [3.05, 3.63) is 67.5 Å². The highest BCUT2D eigenvalue weighted by molar-refractivity contribution is 5.91. The molecule has 3 aromatic rings. The van der Waals surface area contributed by atoms with Gasteiger partial charge in [0.25, 0.3) is 5.95 Å². The van der Waals surface area contributed by atoms with Crippen LogP contribution in [0, 0.1) is 30.9 Å². The molecular formula is C19H19N7O6. The Morgan fingerprint density at radius 3 is 2.38 bits per heavy atom. The molecular weight excluding hydrogens is 422 g/mol. The fourth-order valence-corrected chi connectivity index (χ4v) is 2.98. The number of methoxy groups -OCH3 is 1. The highest BCUT2D eigenvalue weighted by atomic mass is 16.6. The maximum absolute atomic E-state index is 12.7. The van der Waals surface area contributed by atoms with E-state index in [1.807, 2.05) is 0 Å². The largest absolute Gasteiger partial charge is 0.465 e. The lowest BCUT2D eigenvalue weighted by atomic mass is 10.2. The quantitative estimate of drug-likeness (QED) is 0.335. The number of amides is 1. The van der Waals surface area contributed by atoms with Gasteiger partial charge in [0.2, 0.25) is 5.91 Å². The molecule has 0 spiro atoms. The summed E-state index contributed by atoms with van der Waals surface area (Å²) in [6.07, 6.45) is 1.02. The fourth-order valence-electron chi connectivity index (χ4n) is 2.98. The predicted molar refractivity (Wildman–Crippen MR) is 111 cm³/mol. The highest BCUT2D eigenvalue weighted by Crippen LogP contribution is 2.16. The summed E-state index contributed by atoms with van der Waals surface area (Å²) in [5.74, 6) is -1.09. The third kappa shape index (κ3) is 4.66. The number of nitro groups is 1. The van der Waals surface area contributed by atoms with Crippen LogP contribution in [-0.4, -0.2) is 48.2 Å². The van der Waals surface area contributed by atoms with Crippen molar-refractivity contribution in [2.45, 2.75) is 27.3 Å². The Bertz CT molecular complexity index is 1270. The average Bonchev–Trinajstić information content (AvgIpc) is 3.07. The summed E-state index contributed by atoms with van der Waals surface area (Å²) >= 11 is 0. The third-order valence-corrected chi connectivity index (χ3v) is 4.26. The van der Waals surface area contributed by atoms with Crippen molar-refractivity contribution in [1.29, 1.82) is 0 Å². The number of anilines is 1. The SMILES string of the molecule is COC(=O)c1cc([N+](=O)[O-])c(=O)n(CC(=O)Nc2cc(C)nn2-c2nc(C)cc(C)n2)c1. The normalized spacial score (nSPS) is 10.6. The Morgan fingerprint density at radius 1 is 1.12 bits per heavy atom. The molecule has 0 aliphatic heterocycles. The Kier molecular flexibility index (Phi) is 6.09. The van der Waals surface area contributed by atoms with Gasteiger partial charge in [0.05, 0.1) is 23.3 Å². The van der Waals surface area contributed by atoms with Gasteiger partial charge in [-0.05, 0) is 26.8 Å². The van der Waals surface area contributed by atoms with Crippen LogP contribution in [0.25, 0.3) is 5.95 Å². The molecule has 0 unspecified atom stereocenters. The standard InChI is InChI=1S/C19H19N7O6/c1-10-5-11(2)21-19(20-10)25-15(6-12(3)23-25)22-16(27)9-24-8-13(18(29)32-4)7-14(17(24)28)26(30)31/h5-8H,9H2,1-4H3,(H,22,27). The summed E-state index contributed by atoms with van der Waals surface area (Å²) in [4.78, 5) is 55.7. The van der Waals surface area contributed by atoms with Crippen molar-refractivity contribution in [3.8, 4) is 5.95 Å². The topological polar surface area (TPSA) is 164 Å². The Balaban J connectivity index is 1.93. The van der Waals surface area contributed by atoms with Gasteiger partial charge in [0.15, 0.2) is 0 Å². The smallest absolute Gasteiger partial charge is 0.339 e. The maximum atomic E-state index is 12.7. The molecule has 0 bridgehead atoms. The zero-order valence-electron chi connectivity index (χ0n) is 17.6. The van der Waals surface area contributed by atoms with Gasteiger partial charge in [-0.3, -0.25) is 24.3 Å². The number of nitrogens with zero attached hydrogens (tertiary/aromatic N) is 6. The van der Waals surface area contributed by atoms with Gasteiger partial charge in [-0.25, -0.2) is 14.8 Å². The van der Waals surface area contributed by atoms with Gasteiger partial charge < -0.3 is 10.1 Å². The molecule has 0 aliphatic rings. The van der Waals surface area contributed by atoms with E-state index in [-0.39, 0.29) is 17.3 Å². The summed E-state index contributed by atoms with van der Waals surface area (Å²) in [6, 6.07) is 4.17. The summed E-state index contributed by atoms with van der Waals surface area (Å²) in [6.45, 7) is 4.70. The number of esters is 1. The van der Waals surface area contributed by atoms with Crippen molar-refractivity contribution in [2.75, 3.05) is 12.4 Å². The first-order valence-corrected chi connectivity index (χ1v) is 9.25. The summed E-state index contributed by atoms with van der Waals surface area (Å²) in [5, 5.41) is 18.1.